The molecule has 25 heavy (non-hydrogen) atoms. The van der Waals surface area contributed by atoms with Crippen LogP contribution in [0.5, 0.6) is 0 Å². The van der Waals surface area contributed by atoms with Crippen LogP contribution in [0.3, 0.4) is 0 Å². The van der Waals surface area contributed by atoms with Gasteiger partial charge in [0.2, 0.25) is 5.91 Å². The number of allylic oxidation sites excluding steroid dienone is 1. The van der Waals surface area contributed by atoms with Crippen molar-refractivity contribution in [1.82, 2.24) is 10.2 Å². The molecule has 2 atom stereocenters. The molecule has 1 heterocycles. The number of carbonyl (C=O) groups excluding carboxylic acids is 2. The van der Waals surface area contributed by atoms with Crippen LogP contribution in [-0.4, -0.2) is 48.1 Å². The monoisotopic (exact) mass is 350 g/mol. The molecule has 5 heteroatoms. The van der Waals surface area contributed by atoms with Gasteiger partial charge in [0.25, 0.3) is 5.91 Å². The zero-order valence-electron chi connectivity index (χ0n) is 15.8. The van der Waals surface area contributed by atoms with Crippen LogP contribution in [0, 0.1) is 5.92 Å². The van der Waals surface area contributed by atoms with Gasteiger partial charge in [0.15, 0.2) is 0 Å². The molecule has 0 aromatic heterocycles. The standard InChI is InChI=1S/C20H34N2O3/c1-4-5-6-7-13-25-18(14-15(2)3)20(24)22-12-8-9-17(22)19(23)21-16-10-11-16/h4,15-18H,1,5-14H2,2-3H3,(H,21,23)/t17?,18-/m1/s1. The molecular weight excluding hydrogens is 316 g/mol. The molecule has 5 nitrogen and oxygen atoms in total. The van der Waals surface area contributed by atoms with Crippen molar-refractivity contribution in [2.24, 2.45) is 5.92 Å². The second-order valence-corrected chi connectivity index (χ2v) is 7.75. The van der Waals surface area contributed by atoms with Crippen LogP contribution in [0.2, 0.25) is 0 Å². The Morgan fingerprint density at radius 2 is 2.04 bits per heavy atom. The fourth-order valence-electron chi connectivity index (χ4n) is 3.30. The molecule has 2 amide bonds. The minimum atomic E-state index is -0.432. The quantitative estimate of drug-likeness (QED) is 0.460. The average Bonchev–Trinajstić information content (AvgIpc) is 3.24. The summed E-state index contributed by atoms with van der Waals surface area (Å²) in [6, 6.07) is 0.0183. The van der Waals surface area contributed by atoms with Gasteiger partial charge in [0.1, 0.15) is 12.1 Å². The SMILES string of the molecule is C=CCCCCO[C@H](CC(C)C)C(=O)N1CCCC1C(=O)NC1CC1. The lowest BCUT2D eigenvalue weighted by atomic mass is 10.0. The molecule has 0 spiro atoms. The fraction of sp³-hybridized carbons (Fsp3) is 0.800. The van der Waals surface area contributed by atoms with Crippen molar-refractivity contribution in [3.05, 3.63) is 12.7 Å². The third-order valence-electron chi connectivity index (χ3n) is 4.84. The van der Waals surface area contributed by atoms with E-state index in [0.717, 1.165) is 44.9 Å². The molecule has 0 aromatic carbocycles. The molecule has 0 radical (unpaired) electrons. The van der Waals surface area contributed by atoms with Crippen molar-refractivity contribution < 1.29 is 14.3 Å². The van der Waals surface area contributed by atoms with E-state index in [9.17, 15) is 9.59 Å². The van der Waals surface area contributed by atoms with Crippen molar-refractivity contribution in [2.75, 3.05) is 13.2 Å². The number of nitrogens with zero attached hydrogens (tertiary/aromatic N) is 1. The van der Waals surface area contributed by atoms with E-state index in [1.54, 1.807) is 4.90 Å². The largest absolute Gasteiger partial charge is 0.368 e. The smallest absolute Gasteiger partial charge is 0.252 e. The maximum absolute atomic E-state index is 13.0. The van der Waals surface area contributed by atoms with Gasteiger partial charge in [0.05, 0.1) is 0 Å². The van der Waals surface area contributed by atoms with Gasteiger partial charge in [-0.1, -0.05) is 19.9 Å². The number of hydrogen-bond donors (Lipinski definition) is 1. The molecule has 2 fully saturated rings. The van der Waals surface area contributed by atoms with Gasteiger partial charge < -0.3 is 15.0 Å². The zero-order chi connectivity index (χ0) is 18.2. The number of hydrogen-bond acceptors (Lipinski definition) is 3. The van der Waals surface area contributed by atoms with E-state index >= 15 is 0 Å². The van der Waals surface area contributed by atoms with E-state index in [0.29, 0.717) is 31.5 Å². The normalized spacial score (nSPS) is 21.4. The Labute approximate surface area is 152 Å². The first-order valence-electron chi connectivity index (χ1n) is 9.86. The number of rotatable bonds is 11. The number of unbranched alkanes of at least 4 members (excludes halogenated alkanes) is 2. The summed E-state index contributed by atoms with van der Waals surface area (Å²) in [5.74, 6) is 0.386. The number of ether oxygens (including phenoxy) is 1. The van der Waals surface area contributed by atoms with E-state index in [1.165, 1.54) is 0 Å². The maximum atomic E-state index is 13.0. The molecule has 2 rings (SSSR count). The summed E-state index contributed by atoms with van der Waals surface area (Å²) < 4.78 is 5.94. The van der Waals surface area contributed by atoms with Gasteiger partial charge >= 0.3 is 0 Å². The lowest BCUT2D eigenvalue weighted by Crippen LogP contribution is -2.50. The maximum Gasteiger partial charge on any atom is 0.252 e. The van der Waals surface area contributed by atoms with E-state index < -0.39 is 6.10 Å². The lowest BCUT2D eigenvalue weighted by molar-refractivity contribution is -0.149. The highest BCUT2D eigenvalue weighted by Gasteiger charge is 2.39. The molecule has 142 valence electrons. The minimum Gasteiger partial charge on any atom is -0.368 e. The van der Waals surface area contributed by atoms with Crippen LogP contribution >= 0.6 is 0 Å². The first-order chi connectivity index (χ1) is 12.0. The van der Waals surface area contributed by atoms with Crippen molar-refractivity contribution >= 4 is 11.8 Å². The summed E-state index contributed by atoms with van der Waals surface area (Å²) in [6.07, 6.45) is 8.89. The first-order valence-corrected chi connectivity index (χ1v) is 9.86. The molecule has 0 aromatic rings. The van der Waals surface area contributed by atoms with Crippen molar-refractivity contribution in [3.8, 4) is 0 Å². The third kappa shape index (κ3) is 6.46. The van der Waals surface area contributed by atoms with Gasteiger partial charge in [-0.15, -0.1) is 6.58 Å². The number of nitrogens with one attached hydrogen (secondary N) is 1. The molecular formula is C20H34N2O3. The van der Waals surface area contributed by atoms with Crippen LogP contribution in [0.15, 0.2) is 12.7 Å². The third-order valence-corrected chi connectivity index (χ3v) is 4.84. The summed E-state index contributed by atoms with van der Waals surface area (Å²) in [4.78, 5) is 27.2. The fourth-order valence-corrected chi connectivity index (χ4v) is 3.30. The van der Waals surface area contributed by atoms with Crippen LogP contribution in [-0.2, 0) is 14.3 Å². The summed E-state index contributed by atoms with van der Waals surface area (Å²) in [7, 11) is 0. The number of likely N-dealkylation sites (tertiary alicyclic amines) is 1. The zero-order valence-corrected chi connectivity index (χ0v) is 15.8. The van der Waals surface area contributed by atoms with E-state index in [4.69, 9.17) is 4.74 Å². The highest BCUT2D eigenvalue weighted by Crippen LogP contribution is 2.24. The van der Waals surface area contributed by atoms with E-state index in [2.05, 4.69) is 25.7 Å². The Bertz CT molecular complexity index is 460. The lowest BCUT2D eigenvalue weighted by Gasteiger charge is -2.29. The van der Waals surface area contributed by atoms with Crippen LogP contribution in [0.1, 0.15) is 65.2 Å². The van der Waals surface area contributed by atoms with Crippen LogP contribution in [0.4, 0.5) is 0 Å². The molecule has 1 saturated carbocycles. The summed E-state index contributed by atoms with van der Waals surface area (Å²) in [5, 5.41) is 3.04. The summed E-state index contributed by atoms with van der Waals surface area (Å²) >= 11 is 0. The van der Waals surface area contributed by atoms with Crippen molar-refractivity contribution in [2.45, 2.75) is 83.4 Å². The van der Waals surface area contributed by atoms with Gasteiger partial charge in [-0.3, -0.25) is 9.59 Å². The molecule has 1 saturated heterocycles. The predicted molar refractivity (Wildman–Crippen MR) is 99.1 cm³/mol. The molecule has 0 bridgehead atoms. The molecule has 1 aliphatic heterocycles. The van der Waals surface area contributed by atoms with E-state index in [1.807, 2.05) is 6.08 Å². The molecule has 1 aliphatic carbocycles. The highest BCUT2D eigenvalue weighted by molar-refractivity contribution is 5.90. The van der Waals surface area contributed by atoms with Gasteiger partial charge in [-0.25, -0.2) is 0 Å². The summed E-state index contributed by atoms with van der Waals surface area (Å²) in [5.41, 5.74) is 0. The van der Waals surface area contributed by atoms with Crippen molar-refractivity contribution in [3.63, 3.8) is 0 Å². The van der Waals surface area contributed by atoms with Gasteiger partial charge in [-0.05, 0) is 57.3 Å². The minimum absolute atomic E-state index is 0.00846. The molecule has 1 unspecified atom stereocenters. The predicted octanol–water partition coefficient (Wildman–Crippen LogP) is 3.04. The Morgan fingerprint density at radius 3 is 2.68 bits per heavy atom. The van der Waals surface area contributed by atoms with Crippen molar-refractivity contribution in [1.29, 1.82) is 0 Å². The second kappa shape index (κ2) is 9.95. The number of carbonyl (C=O) groups is 2. The topological polar surface area (TPSA) is 58.6 Å². The Kier molecular flexibility index (Phi) is 7.94. The Morgan fingerprint density at radius 1 is 1.28 bits per heavy atom. The summed E-state index contributed by atoms with van der Waals surface area (Å²) in [6.45, 7) is 9.17. The van der Waals surface area contributed by atoms with Gasteiger partial charge in [0, 0.05) is 19.2 Å². The van der Waals surface area contributed by atoms with Crippen LogP contribution in [0.25, 0.3) is 0 Å². The van der Waals surface area contributed by atoms with E-state index in [-0.39, 0.29) is 17.9 Å². The highest BCUT2D eigenvalue weighted by atomic mass is 16.5. The van der Waals surface area contributed by atoms with Gasteiger partial charge in [-0.2, -0.15) is 0 Å². The average molecular weight is 351 g/mol. The second-order valence-electron chi connectivity index (χ2n) is 7.75. The molecule has 1 N–H and O–H groups in total. The Balaban J connectivity index is 1.90. The Hall–Kier alpha value is -1.36. The molecule has 2 aliphatic rings. The number of amides is 2. The first kappa shape index (κ1) is 20.0. The van der Waals surface area contributed by atoms with Crippen LogP contribution < -0.4 is 5.32 Å².